The molecule has 8 nitrogen and oxygen atoms in total. The number of carbonyl (C=O) groups is 2. The summed E-state index contributed by atoms with van der Waals surface area (Å²) in [6, 6.07) is 15.1. The van der Waals surface area contributed by atoms with Gasteiger partial charge >= 0.3 is 5.97 Å². The lowest BCUT2D eigenvalue weighted by atomic mass is 10.1. The second kappa shape index (κ2) is 10.4. The zero-order valence-electron chi connectivity index (χ0n) is 15.8. The third kappa shape index (κ3) is 6.29. The summed E-state index contributed by atoms with van der Waals surface area (Å²) < 4.78 is 4.96. The van der Waals surface area contributed by atoms with Crippen LogP contribution in [0.15, 0.2) is 54.6 Å². The number of ether oxygens (including phenoxy) is 1. The quantitative estimate of drug-likeness (QED) is 0.294. The Morgan fingerprint density at radius 2 is 1.90 bits per heavy atom. The number of carbonyl (C=O) groups excluding carboxylic acids is 2. The first kappa shape index (κ1) is 21.3. The van der Waals surface area contributed by atoms with Crippen LogP contribution in [0.4, 0.5) is 11.4 Å². The molecule has 0 fully saturated rings. The van der Waals surface area contributed by atoms with Crippen molar-refractivity contribution in [1.82, 2.24) is 0 Å². The van der Waals surface area contributed by atoms with E-state index >= 15 is 0 Å². The number of anilines is 1. The highest BCUT2D eigenvalue weighted by Crippen LogP contribution is 2.19. The summed E-state index contributed by atoms with van der Waals surface area (Å²) in [5.74, 6) is -1.28. The van der Waals surface area contributed by atoms with Gasteiger partial charge in [-0.05, 0) is 31.2 Å². The number of aryl methyl sites for hydroxylation is 1. The molecule has 0 aromatic heterocycles. The molecular weight excluding hydrogens is 374 g/mol. The summed E-state index contributed by atoms with van der Waals surface area (Å²) in [4.78, 5) is 36.2. The van der Waals surface area contributed by atoms with Gasteiger partial charge in [-0.15, -0.1) is 0 Å². The van der Waals surface area contributed by atoms with Gasteiger partial charge in [-0.25, -0.2) is 4.79 Å². The van der Waals surface area contributed by atoms with E-state index < -0.39 is 23.4 Å². The molecule has 0 aliphatic rings. The van der Waals surface area contributed by atoms with Crippen LogP contribution in [0, 0.1) is 28.4 Å². The highest BCUT2D eigenvalue weighted by Gasteiger charge is 2.17. The molecule has 2 aromatic carbocycles. The Morgan fingerprint density at radius 3 is 2.55 bits per heavy atom. The van der Waals surface area contributed by atoms with E-state index in [1.54, 1.807) is 18.2 Å². The molecule has 0 bridgehead atoms. The molecule has 1 amide bonds. The fourth-order valence-corrected chi connectivity index (χ4v) is 2.50. The lowest BCUT2D eigenvalue weighted by Gasteiger charge is -2.21. The normalized spacial score (nSPS) is 10.3. The maximum absolute atomic E-state index is 12.5. The van der Waals surface area contributed by atoms with Crippen LogP contribution in [0.1, 0.15) is 17.5 Å². The third-order valence-corrected chi connectivity index (χ3v) is 3.96. The van der Waals surface area contributed by atoms with Crippen LogP contribution in [-0.4, -0.2) is 30.0 Å². The highest BCUT2D eigenvalue weighted by atomic mass is 16.6. The van der Waals surface area contributed by atoms with Crippen molar-refractivity contribution in [3.05, 3.63) is 75.8 Å². The molecule has 0 unspecified atom stereocenters. The van der Waals surface area contributed by atoms with E-state index in [1.807, 2.05) is 25.1 Å². The Hall–Kier alpha value is -3.99. The second-order valence-corrected chi connectivity index (χ2v) is 6.05. The SMILES string of the molecule is Cc1ccc(N(CCC#N)C(=O)COC(=O)/C=C/c2ccccc2[N+](=O)[O-])cc1. The number of hydrogen-bond donors (Lipinski definition) is 0. The van der Waals surface area contributed by atoms with Crippen molar-refractivity contribution in [1.29, 1.82) is 5.26 Å². The first-order valence-electron chi connectivity index (χ1n) is 8.74. The number of nitro groups is 1. The highest BCUT2D eigenvalue weighted by molar-refractivity contribution is 5.96. The largest absolute Gasteiger partial charge is 0.452 e. The number of para-hydroxylation sites is 1. The fourth-order valence-electron chi connectivity index (χ4n) is 2.50. The van der Waals surface area contributed by atoms with Crippen molar-refractivity contribution in [2.45, 2.75) is 13.3 Å². The number of esters is 1. The van der Waals surface area contributed by atoms with Gasteiger partial charge in [-0.2, -0.15) is 5.26 Å². The van der Waals surface area contributed by atoms with Crippen molar-refractivity contribution in [2.24, 2.45) is 0 Å². The molecule has 29 heavy (non-hydrogen) atoms. The van der Waals surface area contributed by atoms with Crippen LogP contribution in [0.2, 0.25) is 0 Å². The number of benzene rings is 2. The number of nitrogens with zero attached hydrogens (tertiary/aromatic N) is 3. The molecule has 2 rings (SSSR count). The summed E-state index contributed by atoms with van der Waals surface area (Å²) in [5.41, 5.74) is 1.72. The maximum Gasteiger partial charge on any atom is 0.331 e. The number of nitro benzene ring substituents is 1. The molecule has 0 radical (unpaired) electrons. The number of amides is 1. The predicted octanol–water partition coefficient (Wildman–Crippen LogP) is 3.41. The fraction of sp³-hybridized carbons (Fsp3) is 0.190. The Kier molecular flexibility index (Phi) is 7.62. The molecule has 0 heterocycles. The van der Waals surface area contributed by atoms with Crippen LogP contribution < -0.4 is 4.90 Å². The Morgan fingerprint density at radius 1 is 1.21 bits per heavy atom. The summed E-state index contributed by atoms with van der Waals surface area (Å²) in [6.45, 7) is 1.57. The van der Waals surface area contributed by atoms with Gasteiger partial charge in [0.05, 0.1) is 23.0 Å². The average Bonchev–Trinajstić information content (AvgIpc) is 2.72. The van der Waals surface area contributed by atoms with Crippen molar-refractivity contribution in [2.75, 3.05) is 18.1 Å². The van der Waals surface area contributed by atoms with E-state index in [0.29, 0.717) is 5.69 Å². The van der Waals surface area contributed by atoms with Crippen molar-refractivity contribution < 1.29 is 19.2 Å². The van der Waals surface area contributed by atoms with Crippen LogP contribution in [0.3, 0.4) is 0 Å². The summed E-state index contributed by atoms with van der Waals surface area (Å²) in [5, 5.41) is 19.8. The van der Waals surface area contributed by atoms with E-state index in [4.69, 9.17) is 10.00 Å². The van der Waals surface area contributed by atoms with Crippen LogP contribution in [0.5, 0.6) is 0 Å². The van der Waals surface area contributed by atoms with E-state index in [0.717, 1.165) is 11.6 Å². The van der Waals surface area contributed by atoms with Gasteiger partial charge in [-0.3, -0.25) is 14.9 Å². The van der Waals surface area contributed by atoms with Gasteiger partial charge in [0.15, 0.2) is 6.61 Å². The van der Waals surface area contributed by atoms with Crippen molar-refractivity contribution in [3.8, 4) is 6.07 Å². The molecule has 0 N–H and O–H groups in total. The first-order valence-corrected chi connectivity index (χ1v) is 8.74. The van der Waals surface area contributed by atoms with Crippen LogP contribution in [-0.2, 0) is 14.3 Å². The first-order chi connectivity index (χ1) is 13.9. The van der Waals surface area contributed by atoms with E-state index in [-0.39, 0.29) is 24.2 Å². The molecule has 148 valence electrons. The molecule has 2 aromatic rings. The topological polar surface area (TPSA) is 114 Å². The third-order valence-electron chi connectivity index (χ3n) is 3.96. The Balaban J connectivity index is 2.02. The van der Waals surface area contributed by atoms with Crippen LogP contribution in [0.25, 0.3) is 6.08 Å². The molecular formula is C21H19N3O5. The van der Waals surface area contributed by atoms with Gasteiger partial charge in [0.2, 0.25) is 0 Å². The molecule has 0 saturated carbocycles. The van der Waals surface area contributed by atoms with Gasteiger partial charge in [0.1, 0.15) is 0 Å². The van der Waals surface area contributed by atoms with Gasteiger partial charge in [0, 0.05) is 24.4 Å². The minimum absolute atomic E-state index is 0.130. The lowest BCUT2D eigenvalue weighted by Crippen LogP contribution is -2.35. The van der Waals surface area contributed by atoms with Crippen molar-refractivity contribution in [3.63, 3.8) is 0 Å². The number of hydrogen-bond acceptors (Lipinski definition) is 6. The molecule has 0 spiro atoms. The lowest BCUT2D eigenvalue weighted by molar-refractivity contribution is -0.385. The van der Waals surface area contributed by atoms with Gasteiger partial charge in [0.25, 0.3) is 11.6 Å². The predicted molar refractivity (Wildman–Crippen MR) is 107 cm³/mol. The van der Waals surface area contributed by atoms with E-state index in [9.17, 15) is 19.7 Å². The van der Waals surface area contributed by atoms with E-state index in [1.165, 1.54) is 29.2 Å². The summed E-state index contributed by atoms with van der Waals surface area (Å²) >= 11 is 0. The van der Waals surface area contributed by atoms with E-state index in [2.05, 4.69) is 0 Å². The summed E-state index contributed by atoms with van der Waals surface area (Å²) in [6.07, 6.45) is 2.42. The molecule has 0 aliphatic heterocycles. The van der Waals surface area contributed by atoms with Crippen molar-refractivity contribution >= 4 is 29.3 Å². The smallest absolute Gasteiger partial charge is 0.331 e. The maximum atomic E-state index is 12.5. The average molecular weight is 393 g/mol. The minimum Gasteiger partial charge on any atom is -0.452 e. The van der Waals surface area contributed by atoms with Crippen LogP contribution >= 0.6 is 0 Å². The number of nitriles is 1. The molecule has 0 aliphatic carbocycles. The minimum atomic E-state index is -0.805. The second-order valence-electron chi connectivity index (χ2n) is 6.05. The monoisotopic (exact) mass is 393 g/mol. The standard InChI is InChI=1S/C21H19N3O5/c1-16-7-10-18(11-8-16)23(14-4-13-22)20(25)15-29-21(26)12-9-17-5-2-3-6-19(17)24(27)28/h2-3,5-12H,4,14-15H2,1H3/b12-9+. The Bertz CT molecular complexity index is 961. The molecule has 8 heteroatoms. The Labute approximate surface area is 167 Å². The zero-order chi connectivity index (χ0) is 21.2. The molecule has 0 saturated heterocycles. The zero-order valence-corrected chi connectivity index (χ0v) is 15.8. The summed E-state index contributed by atoms with van der Waals surface area (Å²) in [7, 11) is 0. The molecule has 0 atom stereocenters. The van der Waals surface area contributed by atoms with Gasteiger partial charge < -0.3 is 9.64 Å². The number of rotatable bonds is 8. The van der Waals surface area contributed by atoms with Gasteiger partial charge in [-0.1, -0.05) is 29.8 Å².